The Kier molecular flexibility index (Phi) is 10.7. The van der Waals surface area contributed by atoms with Crippen LogP contribution < -0.4 is 6.15 Å². The fraction of sp³-hybridized carbons (Fsp3) is 1.00. The van der Waals surface area contributed by atoms with Crippen molar-refractivity contribution in [2.75, 3.05) is 11.0 Å². The lowest BCUT2D eigenvalue weighted by molar-refractivity contribution is -0.975. The Bertz CT molecular complexity index is 72.2. The molecule has 0 amide bonds. The van der Waals surface area contributed by atoms with E-state index in [-0.39, 0.29) is 22.3 Å². The van der Waals surface area contributed by atoms with Gasteiger partial charge in [-0.05, 0) is 31.9 Å². The van der Waals surface area contributed by atoms with Crippen molar-refractivity contribution in [1.82, 2.24) is 6.15 Å². The van der Waals surface area contributed by atoms with Crippen LogP contribution in [0.15, 0.2) is 0 Å². The Morgan fingerprint density at radius 3 is 1.78 bits per heavy atom. The minimum atomic E-state index is 0. The van der Waals surface area contributed by atoms with Crippen LogP contribution in [0, 0.1) is 4.91 Å². The van der Waals surface area contributed by atoms with Gasteiger partial charge in [0.05, 0.1) is 0 Å². The van der Waals surface area contributed by atoms with Crippen molar-refractivity contribution in [3.8, 4) is 0 Å². The highest BCUT2D eigenvalue weighted by atomic mass is 79.9. The van der Waals surface area contributed by atoms with Gasteiger partial charge in [-0.25, -0.2) is 0 Å². The third kappa shape index (κ3) is 8.12. The Morgan fingerprint density at radius 2 is 1.56 bits per heavy atom. The molecule has 0 saturated carbocycles. The summed E-state index contributed by atoms with van der Waals surface area (Å²) in [6, 6.07) is 0. The quantitative estimate of drug-likeness (QED) is 0.618. The van der Waals surface area contributed by atoms with Gasteiger partial charge in [-0.1, -0.05) is 0 Å². The van der Waals surface area contributed by atoms with Gasteiger partial charge in [0.1, 0.15) is 4.91 Å². The molecule has 0 rings (SSSR count). The van der Waals surface area contributed by atoms with Gasteiger partial charge in [0, 0.05) is 0 Å². The molecule has 0 unspecified atom stereocenters. The number of rotatable bonds is 4. The van der Waals surface area contributed by atoms with Crippen LogP contribution in [0.5, 0.6) is 0 Å². The molecule has 0 aromatic heterocycles. The molecule has 0 spiro atoms. The van der Waals surface area contributed by atoms with E-state index < -0.39 is 0 Å². The monoisotopic (exact) mass is 265 g/mol. The number of nitrogens with zero attached hydrogens (tertiary/aromatic N) is 1. The van der Waals surface area contributed by atoms with E-state index in [1.165, 1.54) is 0 Å². The molecule has 7 heteroatoms. The SMILES string of the molecule is N.O=[N+](OCBr)OCBr. The van der Waals surface area contributed by atoms with Crippen LogP contribution in [0.3, 0.4) is 0 Å². The van der Waals surface area contributed by atoms with Gasteiger partial charge in [0.15, 0.2) is 0 Å². The Labute approximate surface area is 69.0 Å². The van der Waals surface area contributed by atoms with Gasteiger partial charge >= 0.3 is 5.09 Å². The van der Waals surface area contributed by atoms with Crippen molar-refractivity contribution in [2.24, 2.45) is 0 Å². The van der Waals surface area contributed by atoms with Crippen LogP contribution in [0.4, 0.5) is 0 Å². The first-order valence-electron chi connectivity index (χ1n) is 1.66. The van der Waals surface area contributed by atoms with E-state index in [4.69, 9.17) is 0 Å². The van der Waals surface area contributed by atoms with Crippen LogP contribution in [0.2, 0.25) is 0 Å². The molecular formula is C2H7Br2N2O3+. The minimum absolute atomic E-state index is 0. The van der Waals surface area contributed by atoms with Crippen molar-refractivity contribution in [2.45, 2.75) is 0 Å². The normalized spacial score (nSPS) is 7.33. The third-order valence-corrected chi connectivity index (χ3v) is 0.718. The summed E-state index contributed by atoms with van der Waals surface area (Å²) >= 11 is 5.72. The fourth-order valence-electron chi connectivity index (χ4n) is 0.117. The highest BCUT2D eigenvalue weighted by Gasteiger charge is 2.07. The molecule has 0 bridgehead atoms. The second-order valence-electron chi connectivity index (χ2n) is 0.700. The average molecular weight is 267 g/mol. The molecule has 3 N–H and O–H groups in total. The topological polar surface area (TPSA) is 73.5 Å². The van der Waals surface area contributed by atoms with Crippen LogP contribution in [0.1, 0.15) is 0 Å². The van der Waals surface area contributed by atoms with Crippen LogP contribution >= 0.6 is 31.9 Å². The van der Waals surface area contributed by atoms with Gasteiger partial charge in [-0.3, -0.25) is 0 Å². The maximum absolute atomic E-state index is 10.1. The second kappa shape index (κ2) is 8.12. The molecular weight excluding hydrogens is 260 g/mol. The Morgan fingerprint density at radius 1 is 1.22 bits per heavy atom. The van der Waals surface area contributed by atoms with Gasteiger partial charge in [-0.15, -0.1) is 0 Å². The summed E-state index contributed by atoms with van der Waals surface area (Å²) < 4.78 is 0. The van der Waals surface area contributed by atoms with Crippen LogP contribution in [-0.2, 0) is 9.68 Å². The summed E-state index contributed by atoms with van der Waals surface area (Å²) in [7, 11) is 0. The number of halogens is 2. The minimum Gasteiger partial charge on any atom is -0.344 e. The van der Waals surface area contributed by atoms with E-state index in [2.05, 4.69) is 41.5 Å². The number of hydrogen-bond acceptors (Lipinski definition) is 4. The van der Waals surface area contributed by atoms with E-state index >= 15 is 0 Å². The molecule has 0 heterocycles. The molecule has 0 fully saturated rings. The van der Waals surface area contributed by atoms with Gasteiger partial charge in [0.2, 0.25) is 11.0 Å². The molecule has 0 aliphatic carbocycles. The zero-order valence-corrected chi connectivity index (χ0v) is 7.72. The summed E-state index contributed by atoms with van der Waals surface area (Å²) in [6.45, 7) is 0. The van der Waals surface area contributed by atoms with Gasteiger partial charge < -0.3 is 6.15 Å². The highest BCUT2D eigenvalue weighted by Crippen LogP contribution is 1.88. The zero-order valence-electron chi connectivity index (χ0n) is 4.55. The molecule has 5 nitrogen and oxygen atoms in total. The fourth-order valence-corrected chi connectivity index (χ4v) is 0.451. The molecule has 0 aromatic carbocycles. The molecule has 56 valence electrons. The van der Waals surface area contributed by atoms with Crippen molar-refractivity contribution < 1.29 is 14.8 Å². The second-order valence-corrected chi connectivity index (χ2v) is 1.62. The van der Waals surface area contributed by atoms with Crippen molar-refractivity contribution in [3.63, 3.8) is 0 Å². The highest BCUT2D eigenvalue weighted by molar-refractivity contribution is 9.09. The molecule has 0 aromatic rings. The first-order chi connectivity index (χ1) is 3.81. The van der Waals surface area contributed by atoms with E-state index in [0.717, 1.165) is 0 Å². The predicted molar refractivity (Wildman–Crippen MR) is 38.4 cm³/mol. The molecule has 0 aliphatic heterocycles. The first-order valence-corrected chi connectivity index (χ1v) is 3.90. The van der Waals surface area contributed by atoms with Crippen molar-refractivity contribution >= 4 is 31.9 Å². The average Bonchev–Trinajstić information content (AvgIpc) is 1.68. The van der Waals surface area contributed by atoms with Crippen molar-refractivity contribution in [1.29, 1.82) is 0 Å². The lowest BCUT2D eigenvalue weighted by Crippen LogP contribution is -2.07. The maximum atomic E-state index is 10.1. The molecule has 0 radical (unpaired) electrons. The first kappa shape index (κ1) is 11.9. The standard InChI is InChI=1S/C2H4Br2NO3.H3N/c3-1-7-5(6)8-2-4;/h1-2H2;1H3/q+1;. The Balaban J connectivity index is 0. The van der Waals surface area contributed by atoms with Gasteiger partial charge in [-0.2, -0.15) is 9.68 Å². The Hall–Kier alpha value is 0.120. The van der Waals surface area contributed by atoms with E-state index in [1.807, 2.05) is 0 Å². The summed E-state index contributed by atoms with van der Waals surface area (Å²) in [6.07, 6.45) is 0. The predicted octanol–water partition coefficient (Wildman–Crippen LogP) is 1.50. The van der Waals surface area contributed by atoms with E-state index in [1.54, 1.807) is 0 Å². The zero-order chi connectivity index (χ0) is 6.41. The van der Waals surface area contributed by atoms with Crippen molar-refractivity contribution in [3.05, 3.63) is 4.91 Å². The summed E-state index contributed by atoms with van der Waals surface area (Å²) in [5.41, 5.74) is 0.257. The summed E-state index contributed by atoms with van der Waals surface area (Å²) in [4.78, 5) is 18.5. The smallest absolute Gasteiger partial charge is 0.344 e. The number of alkyl halides is 2. The van der Waals surface area contributed by atoms with Crippen LogP contribution in [0.25, 0.3) is 0 Å². The van der Waals surface area contributed by atoms with Gasteiger partial charge in [0.25, 0.3) is 0 Å². The third-order valence-electron chi connectivity index (χ3n) is 0.308. The molecule has 9 heavy (non-hydrogen) atoms. The maximum Gasteiger partial charge on any atom is 0.479 e. The van der Waals surface area contributed by atoms with Crippen LogP contribution in [-0.4, -0.2) is 16.1 Å². The van der Waals surface area contributed by atoms with E-state index in [9.17, 15) is 4.91 Å². The number of hydrogen-bond donors (Lipinski definition) is 1. The lowest BCUT2D eigenvalue weighted by Gasteiger charge is -1.82. The molecule has 0 saturated heterocycles. The van der Waals surface area contributed by atoms with E-state index in [0.29, 0.717) is 0 Å². The lowest BCUT2D eigenvalue weighted by atomic mass is 11.7. The molecule has 0 atom stereocenters. The summed E-state index contributed by atoms with van der Waals surface area (Å²) in [5, 5.41) is 0.0174. The largest absolute Gasteiger partial charge is 0.479 e. The summed E-state index contributed by atoms with van der Waals surface area (Å²) in [5.74, 6) is 0. The molecule has 0 aliphatic rings.